The minimum atomic E-state index is -0.134. The van der Waals surface area contributed by atoms with Crippen molar-refractivity contribution in [1.29, 1.82) is 0 Å². The highest BCUT2D eigenvalue weighted by molar-refractivity contribution is 6.33. The second-order valence-corrected chi connectivity index (χ2v) is 6.81. The number of anilines is 1. The summed E-state index contributed by atoms with van der Waals surface area (Å²) in [5, 5.41) is 14.2. The standard InChI is InChI=1S/C17H25ClN2O/c1-3-19-11(2)12-4-7-17(16(18)8-12)20-13-5-6-14(20)10-15(21)9-13/h4,7-8,11,13-15,19,21H,3,5-6,9-10H2,1-2H3. The zero-order valence-corrected chi connectivity index (χ0v) is 13.6. The fourth-order valence-electron chi connectivity index (χ4n) is 3.97. The molecule has 3 unspecified atom stereocenters. The second kappa shape index (κ2) is 6.15. The number of hydrogen-bond acceptors (Lipinski definition) is 3. The maximum Gasteiger partial charge on any atom is 0.0643 e. The van der Waals surface area contributed by atoms with Gasteiger partial charge in [0, 0.05) is 18.1 Å². The summed E-state index contributed by atoms with van der Waals surface area (Å²) >= 11 is 6.57. The first-order valence-corrected chi connectivity index (χ1v) is 8.47. The molecule has 2 heterocycles. The molecular formula is C17H25ClN2O. The smallest absolute Gasteiger partial charge is 0.0643 e. The quantitative estimate of drug-likeness (QED) is 0.893. The number of nitrogens with one attached hydrogen (secondary N) is 1. The van der Waals surface area contributed by atoms with Crippen molar-refractivity contribution in [1.82, 2.24) is 5.32 Å². The fourth-order valence-corrected chi connectivity index (χ4v) is 4.25. The molecule has 0 saturated carbocycles. The number of piperidine rings is 1. The van der Waals surface area contributed by atoms with E-state index in [1.165, 1.54) is 18.4 Å². The number of halogens is 1. The van der Waals surface area contributed by atoms with Gasteiger partial charge in [-0.1, -0.05) is 24.6 Å². The lowest BCUT2D eigenvalue weighted by molar-refractivity contribution is 0.126. The van der Waals surface area contributed by atoms with Crippen LogP contribution in [-0.4, -0.2) is 29.8 Å². The van der Waals surface area contributed by atoms with Crippen LogP contribution in [0, 0.1) is 0 Å². The highest BCUT2D eigenvalue weighted by Crippen LogP contribution is 2.42. The Labute approximate surface area is 132 Å². The summed E-state index contributed by atoms with van der Waals surface area (Å²) in [6.07, 6.45) is 3.97. The molecule has 2 aliphatic heterocycles. The van der Waals surface area contributed by atoms with Crippen LogP contribution in [-0.2, 0) is 0 Å². The predicted molar refractivity (Wildman–Crippen MR) is 88.1 cm³/mol. The highest BCUT2D eigenvalue weighted by atomic mass is 35.5. The van der Waals surface area contributed by atoms with Crippen LogP contribution in [0.25, 0.3) is 0 Å². The number of nitrogens with zero attached hydrogens (tertiary/aromatic N) is 1. The van der Waals surface area contributed by atoms with Crippen LogP contribution in [0.3, 0.4) is 0 Å². The number of aliphatic hydroxyl groups is 1. The topological polar surface area (TPSA) is 35.5 Å². The Balaban J connectivity index is 1.83. The Morgan fingerprint density at radius 2 is 2.00 bits per heavy atom. The van der Waals surface area contributed by atoms with Crippen molar-refractivity contribution >= 4 is 17.3 Å². The van der Waals surface area contributed by atoms with Gasteiger partial charge in [-0.05, 0) is 56.8 Å². The van der Waals surface area contributed by atoms with E-state index < -0.39 is 0 Å². The first-order chi connectivity index (χ1) is 10.1. The molecular weight excluding hydrogens is 284 g/mol. The van der Waals surface area contributed by atoms with Gasteiger partial charge in [0.2, 0.25) is 0 Å². The number of hydrogen-bond donors (Lipinski definition) is 2. The van der Waals surface area contributed by atoms with Crippen molar-refractivity contribution in [3.8, 4) is 0 Å². The average Bonchev–Trinajstić information content (AvgIpc) is 2.71. The Morgan fingerprint density at radius 1 is 1.33 bits per heavy atom. The third kappa shape index (κ3) is 2.92. The van der Waals surface area contributed by atoms with E-state index in [0.717, 1.165) is 30.1 Å². The van der Waals surface area contributed by atoms with Crippen LogP contribution in [0.1, 0.15) is 51.1 Å². The summed E-state index contributed by atoms with van der Waals surface area (Å²) in [4.78, 5) is 2.46. The summed E-state index contributed by atoms with van der Waals surface area (Å²) in [5.74, 6) is 0. The van der Waals surface area contributed by atoms with E-state index in [9.17, 15) is 5.11 Å². The molecule has 0 spiro atoms. The van der Waals surface area contributed by atoms with Crippen LogP contribution in [0.15, 0.2) is 18.2 Å². The molecule has 2 fully saturated rings. The van der Waals surface area contributed by atoms with Crippen LogP contribution in [0.4, 0.5) is 5.69 Å². The van der Waals surface area contributed by atoms with Gasteiger partial charge in [-0.15, -0.1) is 0 Å². The molecule has 4 heteroatoms. The molecule has 0 radical (unpaired) electrons. The van der Waals surface area contributed by atoms with Crippen LogP contribution >= 0.6 is 11.6 Å². The van der Waals surface area contributed by atoms with E-state index in [0.29, 0.717) is 18.1 Å². The number of rotatable bonds is 4. The summed E-state index contributed by atoms with van der Waals surface area (Å²) in [6.45, 7) is 5.23. The number of fused-ring (bicyclic) bond motifs is 2. The van der Waals surface area contributed by atoms with Crippen LogP contribution < -0.4 is 10.2 Å². The van der Waals surface area contributed by atoms with E-state index in [1.807, 2.05) is 0 Å². The molecule has 3 rings (SSSR count). The third-order valence-corrected chi connectivity index (χ3v) is 5.27. The van der Waals surface area contributed by atoms with E-state index in [4.69, 9.17) is 11.6 Å². The summed E-state index contributed by atoms with van der Waals surface area (Å²) in [7, 11) is 0. The highest BCUT2D eigenvalue weighted by Gasteiger charge is 2.40. The molecule has 0 amide bonds. The van der Waals surface area contributed by atoms with Gasteiger partial charge in [-0.2, -0.15) is 0 Å². The molecule has 3 atom stereocenters. The van der Waals surface area contributed by atoms with Crippen LogP contribution in [0.2, 0.25) is 5.02 Å². The Hall–Kier alpha value is -0.770. The largest absolute Gasteiger partial charge is 0.393 e. The normalized spacial score (nSPS) is 29.7. The van der Waals surface area contributed by atoms with Gasteiger partial charge in [-0.3, -0.25) is 0 Å². The lowest BCUT2D eigenvalue weighted by Crippen LogP contribution is -2.44. The van der Waals surface area contributed by atoms with Crippen molar-refractivity contribution in [2.75, 3.05) is 11.4 Å². The van der Waals surface area contributed by atoms with E-state index in [-0.39, 0.29) is 6.10 Å². The molecule has 2 N–H and O–H groups in total. The molecule has 116 valence electrons. The van der Waals surface area contributed by atoms with E-state index >= 15 is 0 Å². The Morgan fingerprint density at radius 3 is 2.57 bits per heavy atom. The van der Waals surface area contributed by atoms with Gasteiger partial charge >= 0.3 is 0 Å². The third-order valence-electron chi connectivity index (χ3n) is 4.97. The van der Waals surface area contributed by atoms with Crippen molar-refractivity contribution in [3.63, 3.8) is 0 Å². The summed E-state index contributed by atoms with van der Waals surface area (Å²) in [6, 6.07) is 7.66. The van der Waals surface area contributed by atoms with Gasteiger partial charge in [0.25, 0.3) is 0 Å². The Kier molecular flexibility index (Phi) is 4.43. The first kappa shape index (κ1) is 15.1. The molecule has 2 aliphatic rings. The second-order valence-electron chi connectivity index (χ2n) is 6.41. The monoisotopic (exact) mass is 308 g/mol. The minimum Gasteiger partial charge on any atom is -0.393 e. The van der Waals surface area contributed by atoms with Gasteiger partial charge in [0.05, 0.1) is 16.8 Å². The lowest BCUT2D eigenvalue weighted by Gasteiger charge is -2.39. The average molecular weight is 309 g/mol. The van der Waals surface area contributed by atoms with Crippen molar-refractivity contribution < 1.29 is 5.11 Å². The SMILES string of the molecule is CCNC(C)c1ccc(N2C3CCC2CC(O)C3)c(Cl)c1. The fraction of sp³-hybridized carbons (Fsp3) is 0.647. The van der Waals surface area contributed by atoms with Gasteiger partial charge in [-0.25, -0.2) is 0 Å². The molecule has 1 aromatic carbocycles. The summed E-state index contributed by atoms with van der Waals surface area (Å²) < 4.78 is 0. The number of benzene rings is 1. The van der Waals surface area contributed by atoms with Gasteiger partial charge in [0.1, 0.15) is 0 Å². The summed E-state index contributed by atoms with van der Waals surface area (Å²) in [5.41, 5.74) is 2.37. The maximum atomic E-state index is 9.93. The molecule has 1 aromatic rings. The van der Waals surface area contributed by atoms with Crippen molar-refractivity contribution in [2.24, 2.45) is 0 Å². The predicted octanol–water partition coefficient (Wildman–Crippen LogP) is 3.50. The minimum absolute atomic E-state index is 0.134. The first-order valence-electron chi connectivity index (χ1n) is 8.09. The Bertz CT molecular complexity index is 494. The van der Waals surface area contributed by atoms with Gasteiger partial charge in [0.15, 0.2) is 0 Å². The molecule has 2 saturated heterocycles. The molecule has 0 aromatic heterocycles. The molecule has 0 aliphatic carbocycles. The van der Waals surface area contributed by atoms with Gasteiger partial charge < -0.3 is 15.3 Å². The van der Waals surface area contributed by atoms with Crippen molar-refractivity contribution in [3.05, 3.63) is 28.8 Å². The van der Waals surface area contributed by atoms with E-state index in [2.05, 4.69) is 42.3 Å². The van der Waals surface area contributed by atoms with Crippen molar-refractivity contribution in [2.45, 2.75) is 63.8 Å². The van der Waals surface area contributed by atoms with E-state index in [1.54, 1.807) is 0 Å². The number of aliphatic hydroxyl groups excluding tert-OH is 1. The zero-order valence-electron chi connectivity index (χ0n) is 12.8. The lowest BCUT2D eigenvalue weighted by atomic mass is 9.98. The molecule has 2 bridgehead atoms. The zero-order chi connectivity index (χ0) is 15.0. The molecule has 21 heavy (non-hydrogen) atoms. The molecule has 3 nitrogen and oxygen atoms in total. The van der Waals surface area contributed by atoms with Crippen LogP contribution in [0.5, 0.6) is 0 Å². The maximum absolute atomic E-state index is 9.93.